The Morgan fingerprint density at radius 1 is 1.00 bits per heavy atom. The predicted molar refractivity (Wildman–Crippen MR) is 80.2 cm³/mol. The molecule has 0 saturated heterocycles. The number of carbonyl (C=O) groups is 2. The van der Waals surface area contributed by atoms with E-state index in [0.717, 1.165) is 13.5 Å². The Bertz CT molecular complexity index is 828. The SMILES string of the molecule is COC(=O)c1c(F)c(F)c(C2=C(O)OC3(CCCCC3)OC2=O)c(F)c1F. The first-order valence-corrected chi connectivity index (χ1v) is 8.02. The van der Waals surface area contributed by atoms with Crippen molar-refractivity contribution >= 4 is 17.5 Å². The van der Waals surface area contributed by atoms with Crippen LogP contribution in [0.3, 0.4) is 0 Å². The Morgan fingerprint density at radius 3 is 2.04 bits per heavy atom. The van der Waals surface area contributed by atoms with Crippen molar-refractivity contribution in [2.24, 2.45) is 0 Å². The number of esters is 2. The van der Waals surface area contributed by atoms with Gasteiger partial charge in [-0.05, 0) is 12.8 Å². The van der Waals surface area contributed by atoms with Crippen LogP contribution in [0.5, 0.6) is 0 Å². The number of hydrogen-bond acceptors (Lipinski definition) is 6. The summed E-state index contributed by atoms with van der Waals surface area (Å²) in [6.07, 6.45) is 2.57. The van der Waals surface area contributed by atoms with Crippen LogP contribution in [0.4, 0.5) is 17.6 Å². The highest BCUT2D eigenvalue weighted by Crippen LogP contribution is 2.42. The van der Waals surface area contributed by atoms with E-state index in [4.69, 9.17) is 9.47 Å². The second-order valence-electron chi connectivity index (χ2n) is 6.14. The van der Waals surface area contributed by atoms with Crippen LogP contribution < -0.4 is 0 Å². The molecule has 0 bridgehead atoms. The molecule has 6 nitrogen and oxygen atoms in total. The molecule has 1 heterocycles. The van der Waals surface area contributed by atoms with Crippen LogP contribution in [0.25, 0.3) is 5.57 Å². The molecule has 0 radical (unpaired) electrons. The van der Waals surface area contributed by atoms with Gasteiger partial charge in [0.1, 0.15) is 5.56 Å². The monoisotopic (exact) mass is 390 g/mol. The van der Waals surface area contributed by atoms with E-state index in [1.807, 2.05) is 0 Å². The molecule has 146 valence electrons. The first kappa shape index (κ1) is 19.0. The lowest BCUT2D eigenvalue weighted by atomic mass is 9.92. The average Bonchev–Trinajstić information content (AvgIpc) is 2.62. The Hall–Kier alpha value is -2.78. The summed E-state index contributed by atoms with van der Waals surface area (Å²) in [5.41, 5.74) is -4.36. The molecule has 0 atom stereocenters. The highest BCUT2D eigenvalue weighted by Gasteiger charge is 2.47. The summed E-state index contributed by atoms with van der Waals surface area (Å²) < 4.78 is 71.3. The van der Waals surface area contributed by atoms with Gasteiger partial charge in [-0.15, -0.1) is 0 Å². The first-order valence-electron chi connectivity index (χ1n) is 8.02. The summed E-state index contributed by atoms with van der Waals surface area (Å²) in [7, 11) is 0.759. The molecule has 0 unspecified atom stereocenters. The quantitative estimate of drug-likeness (QED) is 0.473. The highest BCUT2D eigenvalue weighted by molar-refractivity contribution is 6.17. The zero-order chi connectivity index (χ0) is 19.9. The van der Waals surface area contributed by atoms with Gasteiger partial charge < -0.3 is 19.3 Å². The third-order valence-electron chi connectivity index (χ3n) is 4.50. The third-order valence-corrected chi connectivity index (χ3v) is 4.50. The number of aliphatic hydroxyl groups is 1. The van der Waals surface area contributed by atoms with E-state index in [2.05, 4.69) is 4.74 Å². The lowest BCUT2D eigenvalue weighted by Crippen LogP contribution is -2.43. The minimum absolute atomic E-state index is 0.241. The molecule has 3 rings (SSSR count). The van der Waals surface area contributed by atoms with Crippen molar-refractivity contribution in [3.63, 3.8) is 0 Å². The molecule has 2 aliphatic rings. The van der Waals surface area contributed by atoms with E-state index < -0.39 is 63.6 Å². The molecule has 1 aromatic rings. The minimum Gasteiger partial charge on any atom is -0.480 e. The van der Waals surface area contributed by atoms with Crippen LogP contribution in [0.15, 0.2) is 5.95 Å². The third kappa shape index (κ3) is 2.98. The molecule has 27 heavy (non-hydrogen) atoms. The zero-order valence-corrected chi connectivity index (χ0v) is 14.0. The van der Waals surface area contributed by atoms with Crippen molar-refractivity contribution in [1.29, 1.82) is 0 Å². The van der Waals surface area contributed by atoms with Gasteiger partial charge in [0, 0.05) is 12.8 Å². The fraction of sp³-hybridized carbons (Fsp3) is 0.412. The summed E-state index contributed by atoms with van der Waals surface area (Å²) >= 11 is 0. The fourth-order valence-electron chi connectivity index (χ4n) is 3.19. The maximum absolute atomic E-state index is 14.4. The van der Waals surface area contributed by atoms with Gasteiger partial charge in [0.15, 0.2) is 28.8 Å². The van der Waals surface area contributed by atoms with E-state index >= 15 is 0 Å². The molecule has 10 heteroatoms. The molecule has 1 spiro atoms. The van der Waals surface area contributed by atoms with Gasteiger partial charge in [-0.3, -0.25) is 0 Å². The van der Waals surface area contributed by atoms with Crippen LogP contribution in [0.1, 0.15) is 48.0 Å². The Labute approximate surface area is 150 Å². The minimum atomic E-state index is -2.08. The number of carbonyl (C=O) groups excluding carboxylic acids is 2. The van der Waals surface area contributed by atoms with E-state index in [1.165, 1.54) is 0 Å². The number of aliphatic hydroxyl groups excluding tert-OH is 1. The second kappa shape index (κ2) is 6.75. The normalized spacial score (nSPS) is 18.9. The van der Waals surface area contributed by atoms with E-state index in [9.17, 15) is 32.3 Å². The van der Waals surface area contributed by atoms with Crippen LogP contribution in [-0.4, -0.2) is 29.9 Å². The van der Waals surface area contributed by atoms with Gasteiger partial charge in [0.05, 0.1) is 12.7 Å². The van der Waals surface area contributed by atoms with Crippen molar-refractivity contribution in [2.75, 3.05) is 7.11 Å². The molecule has 1 saturated carbocycles. The van der Waals surface area contributed by atoms with Crippen molar-refractivity contribution in [2.45, 2.75) is 37.9 Å². The standard InChI is InChI=1S/C17H14F4O6/c1-25-14(22)9-12(20)10(18)7(11(19)13(9)21)8-15(23)26-17(27-16(8)24)5-3-2-4-6-17/h23H,2-6H2,1H3. The molecule has 1 fully saturated rings. The summed E-state index contributed by atoms with van der Waals surface area (Å²) in [6.45, 7) is 0. The van der Waals surface area contributed by atoms with Crippen LogP contribution in [-0.2, 0) is 19.0 Å². The maximum Gasteiger partial charge on any atom is 0.349 e. The summed E-state index contributed by atoms with van der Waals surface area (Å²) in [6, 6.07) is 0. The Kier molecular flexibility index (Phi) is 4.75. The van der Waals surface area contributed by atoms with Gasteiger partial charge in [0.25, 0.3) is 11.7 Å². The lowest BCUT2D eigenvalue weighted by molar-refractivity contribution is -0.244. The summed E-state index contributed by atoms with van der Waals surface area (Å²) in [4.78, 5) is 23.7. The average molecular weight is 390 g/mol. The van der Waals surface area contributed by atoms with E-state index in [-0.39, 0.29) is 12.8 Å². The van der Waals surface area contributed by atoms with Crippen LogP contribution in [0, 0.1) is 23.3 Å². The topological polar surface area (TPSA) is 82.1 Å². The number of rotatable bonds is 2. The van der Waals surface area contributed by atoms with Crippen molar-refractivity contribution < 1.29 is 46.5 Å². The Morgan fingerprint density at radius 2 is 1.56 bits per heavy atom. The predicted octanol–water partition coefficient (Wildman–Crippen LogP) is 3.49. The van der Waals surface area contributed by atoms with Gasteiger partial charge in [-0.2, -0.15) is 0 Å². The molecule has 0 amide bonds. The molecule has 1 aliphatic heterocycles. The van der Waals surface area contributed by atoms with Gasteiger partial charge in [0.2, 0.25) is 0 Å². The Balaban J connectivity index is 2.15. The zero-order valence-electron chi connectivity index (χ0n) is 14.0. The first-order chi connectivity index (χ1) is 12.7. The van der Waals surface area contributed by atoms with Crippen LogP contribution in [0.2, 0.25) is 0 Å². The molecule has 1 N–H and O–H groups in total. The van der Waals surface area contributed by atoms with Crippen LogP contribution >= 0.6 is 0 Å². The molecular formula is C17H14F4O6. The fourth-order valence-corrected chi connectivity index (χ4v) is 3.19. The molecule has 1 aliphatic carbocycles. The molecule has 0 aromatic heterocycles. The lowest BCUT2D eigenvalue weighted by Gasteiger charge is -2.39. The van der Waals surface area contributed by atoms with Crippen molar-refractivity contribution in [3.8, 4) is 0 Å². The largest absolute Gasteiger partial charge is 0.480 e. The number of benzene rings is 1. The van der Waals surface area contributed by atoms with E-state index in [1.54, 1.807) is 0 Å². The summed E-state index contributed by atoms with van der Waals surface area (Å²) in [5, 5.41) is 10.1. The summed E-state index contributed by atoms with van der Waals surface area (Å²) in [5.74, 6) is -14.1. The van der Waals surface area contributed by atoms with Gasteiger partial charge in [-0.1, -0.05) is 6.42 Å². The van der Waals surface area contributed by atoms with Crippen molar-refractivity contribution in [1.82, 2.24) is 0 Å². The molecular weight excluding hydrogens is 376 g/mol. The van der Waals surface area contributed by atoms with E-state index in [0.29, 0.717) is 12.8 Å². The van der Waals surface area contributed by atoms with Gasteiger partial charge in [-0.25, -0.2) is 27.2 Å². The number of halogens is 4. The second-order valence-corrected chi connectivity index (χ2v) is 6.14. The molecule has 1 aromatic carbocycles. The number of methoxy groups -OCH3 is 1. The van der Waals surface area contributed by atoms with Crippen molar-refractivity contribution in [3.05, 3.63) is 40.3 Å². The number of ether oxygens (including phenoxy) is 3. The number of hydrogen-bond donors (Lipinski definition) is 1. The maximum atomic E-state index is 14.4. The highest BCUT2D eigenvalue weighted by atomic mass is 19.2. The van der Waals surface area contributed by atoms with Gasteiger partial charge >= 0.3 is 11.9 Å². The smallest absolute Gasteiger partial charge is 0.349 e.